The summed E-state index contributed by atoms with van der Waals surface area (Å²) in [6, 6.07) is 4.59. The average Bonchev–Trinajstić information content (AvgIpc) is 2.54. The number of sulfonamides is 1. The second-order valence-electron chi connectivity index (χ2n) is 5.36. The minimum Gasteiger partial charge on any atom is -0.342 e. The first kappa shape index (κ1) is 18.8. The van der Waals surface area contributed by atoms with E-state index < -0.39 is 10.0 Å². The van der Waals surface area contributed by atoms with Gasteiger partial charge >= 0.3 is 0 Å². The summed E-state index contributed by atoms with van der Waals surface area (Å²) in [5.41, 5.74) is 0.159. The Morgan fingerprint density at radius 1 is 1.25 bits per heavy atom. The molecule has 1 fully saturated rings. The molecule has 2 rings (SSSR count). The number of nitrogens with zero attached hydrogens (tertiary/aromatic N) is 3. The zero-order valence-electron chi connectivity index (χ0n) is 13.0. The summed E-state index contributed by atoms with van der Waals surface area (Å²) in [5.74, 6) is -0.359. The van der Waals surface area contributed by atoms with Crippen LogP contribution in [-0.4, -0.2) is 69.5 Å². The van der Waals surface area contributed by atoms with Crippen LogP contribution in [0.15, 0.2) is 18.2 Å². The van der Waals surface area contributed by atoms with Gasteiger partial charge in [-0.25, -0.2) is 8.42 Å². The topological polar surface area (TPSA) is 78.0 Å². The van der Waals surface area contributed by atoms with Crippen LogP contribution in [0, 0.1) is 0 Å². The SMILES string of the molecule is CS(=O)(=O)N(CC(=O)N1CCN(C=O)CC1)c1cccc(Cl)c1Cl. The van der Waals surface area contributed by atoms with E-state index in [-0.39, 0.29) is 28.2 Å². The van der Waals surface area contributed by atoms with Crippen molar-refractivity contribution in [2.24, 2.45) is 0 Å². The van der Waals surface area contributed by atoms with Crippen LogP contribution in [0.4, 0.5) is 5.69 Å². The van der Waals surface area contributed by atoms with Crippen LogP contribution in [0.1, 0.15) is 0 Å². The van der Waals surface area contributed by atoms with Crippen molar-refractivity contribution in [1.82, 2.24) is 9.80 Å². The van der Waals surface area contributed by atoms with Gasteiger partial charge in [-0.3, -0.25) is 13.9 Å². The van der Waals surface area contributed by atoms with Crippen LogP contribution < -0.4 is 4.31 Å². The molecule has 0 saturated carbocycles. The monoisotopic (exact) mass is 393 g/mol. The van der Waals surface area contributed by atoms with Gasteiger partial charge in [-0.15, -0.1) is 0 Å². The first-order chi connectivity index (χ1) is 11.2. The molecule has 0 N–H and O–H groups in total. The lowest BCUT2D eigenvalue weighted by molar-refractivity contribution is -0.133. The highest BCUT2D eigenvalue weighted by molar-refractivity contribution is 7.92. The Bertz CT molecular complexity index is 734. The minimum absolute atomic E-state index is 0.0724. The highest BCUT2D eigenvalue weighted by Gasteiger charge is 2.27. The number of halogens is 2. The third-order valence-electron chi connectivity index (χ3n) is 3.70. The maximum absolute atomic E-state index is 12.5. The highest BCUT2D eigenvalue weighted by atomic mass is 35.5. The van der Waals surface area contributed by atoms with Crippen molar-refractivity contribution < 1.29 is 18.0 Å². The lowest BCUT2D eigenvalue weighted by atomic mass is 10.3. The van der Waals surface area contributed by atoms with Gasteiger partial charge in [0.1, 0.15) is 6.54 Å². The molecule has 0 spiro atoms. The maximum Gasteiger partial charge on any atom is 0.243 e. The lowest BCUT2D eigenvalue weighted by Gasteiger charge is -2.34. The van der Waals surface area contributed by atoms with E-state index in [1.165, 1.54) is 17.0 Å². The summed E-state index contributed by atoms with van der Waals surface area (Å²) in [6.07, 6.45) is 1.73. The number of benzene rings is 1. The van der Waals surface area contributed by atoms with Crippen LogP contribution in [0.5, 0.6) is 0 Å². The summed E-state index contributed by atoms with van der Waals surface area (Å²) >= 11 is 12.0. The average molecular weight is 394 g/mol. The zero-order valence-corrected chi connectivity index (χ0v) is 15.3. The number of rotatable bonds is 5. The minimum atomic E-state index is -3.73. The van der Waals surface area contributed by atoms with Crippen LogP contribution in [0.2, 0.25) is 10.0 Å². The van der Waals surface area contributed by atoms with Crippen molar-refractivity contribution in [3.63, 3.8) is 0 Å². The molecule has 2 amide bonds. The molecule has 1 aromatic carbocycles. The Hall–Kier alpha value is -1.51. The lowest BCUT2D eigenvalue weighted by Crippen LogP contribution is -2.51. The van der Waals surface area contributed by atoms with Gasteiger partial charge < -0.3 is 9.80 Å². The molecule has 132 valence electrons. The molecular weight excluding hydrogens is 377 g/mol. The van der Waals surface area contributed by atoms with E-state index >= 15 is 0 Å². The molecule has 0 atom stereocenters. The molecule has 1 saturated heterocycles. The number of piperazine rings is 1. The first-order valence-electron chi connectivity index (χ1n) is 7.13. The fourth-order valence-corrected chi connectivity index (χ4v) is 3.67. The number of amides is 2. The Balaban J connectivity index is 2.20. The van der Waals surface area contributed by atoms with E-state index in [1.54, 1.807) is 11.0 Å². The third kappa shape index (κ3) is 4.31. The number of carbonyl (C=O) groups is 2. The molecular formula is C14H17Cl2N3O4S. The normalized spacial score (nSPS) is 15.3. The van der Waals surface area contributed by atoms with Crippen molar-refractivity contribution in [2.75, 3.05) is 43.3 Å². The molecule has 0 radical (unpaired) electrons. The Morgan fingerprint density at radius 3 is 2.42 bits per heavy atom. The van der Waals surface area contributed by atoms with Gasteiger partial charge in [0.2, 0.25) is 22.3 Å². The molecule has 1 heterocycles. The second-order valence-corrected chi connectivity index (χ2v) is 8.06. The molecule has 1 aliphatic rings. The predicted octanol–water partition coefficient (Wildman–Crippen LogP) is 1.06. The van der Waals surface area contributed by atoms with Gasteiger partial charge in [0.05, 0.1) is 22.0 Å². The number of hydrogen-bond acceptors (Lipinski definition) is 4. The Morgan fingerprint density at radius 2 is 1.88 bits per heavy atom. The molecule has 0 aromatic heterocycles. The molecule has 0 bridgehead atoms. The van der Waals surface area contributed by atoms with Crippen LogP contribution in [-0.2, 0) is 19.6 Å². The maximum atomic E-state index is 12.5. The molecule has 24 heavy (non-hydrogen) atoms. The van der Waals surface area contributed by atoms with E-state index in [0.29, 0.717) is 26.2 Å². The van der Waals surface area contributed by atoms with Gasteiger partial charge in [-0.2, -0.15) is 0 Å². The Labute approximate surface area is 150 Å². The van der Waals surface area contributed by atoms with Crippen molar-refractivity contribution in [1.29, 1.82) is 0 Å². The fraction of sp³-hybridized carbons (Fsp3) is 0.429. The summed E-state index contributed by atoms with van der Waals surface area (Å²) in [5, 5.41) is 0.276. The Kier molecular flexibility index (Phi) is 5.95. The number of anilines is 1. The molecule has 1 aromatic rings. The van der Waals surface area contributed by atoms with Crippen molar-refractivity contribution in [3.05, 3.63) is 28.2 Å². The van der Waals surface area contributed by atoms with E-state index in [9.17, 15) is 18.0 Å². The predicted molar refractivity (Wildman–Crippen MR) is 92.9 cm³/mol. The first-order valence-corrected chi connectivity index (χ1v) is 9.73. The summed E-state index contributed by atoms with van der Waals surface area (Å²) in [6.45, 7) is 1.19. The van der Waals surface area contributed by atoms with Crippen LogP contribution >= 0.6 is 23.2 Å². The van der Waals surface area contributed by atoms with Crippen molar-refractivity contribution in [2.45, 2.75) is 0 Å². The van der Waals surface area contributed by atoms with Gasteiger partial charge in [0.15, 0.2) is 0 Å². The van der Waals surface area contributed by atoms with Crippen molar-refractivity contribution in [3.8, 4) is 0 Å². The van der Waals surface area contributed by atoms with Gasteiger partial charge in [0, 0.05) is 26.2 Å². The van der Waals surface area contributed by atoms with Crippen LogP contribution in [0.25, 0.3) is 0 Å². The van der Waals surface area contributed by atoms with Gasteiger partial charge in [0.25, 0.3) is 0 Å². The zero-order chi connectivity index (χ0) is 17.9. The molecule has 0 unspecified atom stereocenters. The highest BCUT2D eigenvalue weighted by Crippen LogP contribution is 2.33. The molecule has 10 heteroatoms. The summed E-state index contributed by atoms with van der Waals surface area (Å²) in [7, 11) is -3.73. The quantitative estimate of drug-likeness (QED) is 0.700. The van der Waals surface area contributed by atoms with E-state index in [4.69, 9.17) is 23.2 Å². The molecule has 0 aliphatic carbocycles. The largest absolute Gasteiger partial charge is 0.342 e. The van der Waals surface area contributed by atoms with Gasteiger partial charge in [-0.1, -0.05) is 29.3 Å². The summed E-state index contributed by atoms with van der Waals surface area (Å²) < 4.78 is 25.2. The van der Waals surface area contributed by atoms with Crippen LogP contribution in [0.3, 0.4) is 0 Å². The standard InChI is InChI=1S/C14H17Cl2N3O4S/c1-24(22,23)19(12-4-2-3-11(15)14(12)16)9-13(21)18-7-5-17(10-20)6-8-18/h2-4,10H,5-9H2,1H3. The summed E-state index contributed by atoms with van der Waals surface area (Å²) in [4.78, 5) is 26.3. The van der Waals surface area contributed by atoms with Gasteiger partial charge in [-0.05, 0) is 12.1 Å². The van der Waals surface area contributed by atoms with E-state index in [0.717, 1.165) is 17.0 Å². The third-order valence-corrected chi connectivity index (χ3v) is 5.63. The molecule has 1 aliphatic heterocycles. The van der Waals surface area contributed by atoms with E-state index in [2.05, 4.69) is 0 Å². The van der Waals surface area contributed by atoms with E-state index in [1.807, 2.05) is 0 Å². The number of hydrogen-bond donors (Lipinski definition) is 0. The molecule has 7 nitrogen and oxygen atoms in total. The smallest absolute Gasteiger partial charge is 0.243 e. The van der Waals surface area contributed by atoms with Crippen molar-refractivity contribution >= 4 is 51.2 Å². The second kappa shape index (κ2) is 7.58. The number of carbonyl (C=O) groups excluding carboxylic acids is 2. The fourth-order valence-electron chi connectivity index (χ4n) is 2.37.